The Kier molecular flexibility index (Phi) is 6.09. The summed E-state index contributed by atoms with van der Waals surface area (Å²) in [6.07, 6.45) is 4.95. The zero-order chi connectivity index (χ0) is 13.6. The molecule has 0 radical (unpaired) electrons. The van der Waals surface area contributed by atoms with Gasteiger partial charge in [-0.05, 0) is 40.0 Å². The highest BCUT2D eigenvalue weighted by Gasteiger charge is 2.25. The van der Waals surface area contributed by atoms with E-state index in [-0.39, 0.29) is 12.6 Å². The third-order valence-corrected chi connectivity index (χ3v) is 3.22. The van der Waals surface area contributed by atoms with Gasteiger partial charge in [0.15, 0.2) is 0 Å². The summed E-state index contributed by atoms with van der Waals surface area (Å²) in [5.41, 5.74) is -0.399. The maximum Gasteiger partial charge on any atom is 0.307 e. The number of esters is 1. The van der Waals surface area contributed by atoms with Crippen molar-refractivity contribution < 1.29 is 14.6 Å². The molecule has 0 bridgehead atoms. The highest BCUT2D eigenvalue weighted by atomic mass is 16.6. The van der Waals surface area contributed by atoms with E-state index in [4.69, 9.17) is 9.84 Å². The lowest BCUT2D eigenvalue weighted by molar-refractivity contribution is -0.155. The molecular weight excluding hydrogens is 230 g/mol. The molecule has 0 saturated heterocycles. The van der Waals surface area contributed by atoms with Crippen LogP contribution in [-0.4, -0.2) is 47.3 Å². The standard InChI is InChI=1S/C14H27NO3/c1-14(2,3)18-13(17)8-10-15(9-5-11-16)12-6-4-7-12/h12,16H,4-11H2,1-3H3. The van der Waals surface area contributed by atoms with Crippen LogP contribution in [0.3, 0.4) is 0 Å². The summed E-state index contributed by atoms with van der Waals surface area (Å²) < 4.78 is 5.31. The largest absolute Gasteiger partial charge is 0.460 e. The predicted molar refractivity (Wildman–Crippen MR) is 71.4 cm³/mol. The van der Waals surface area contributed by atoms with Crippen LogP contribution in [0.5, 0.6) is 0 Å². The highest BCUT2D eigenvalue weighted by molar-refractivity contribution is 5.70. The summed E-state index contributed by atoms with van der Waals surface area (Å²) in [6, 6.07) is 0.610. The van der Waals surface area contributed by atoms with Gasteiger partial charge in [0.2, 0.25) is 0 Å². The van der Waals surface area contributed by atoms with Gasteiger partial charge in [-0.1, -0.05) is 6.42 Å². The molecule has 4 nitrogen and oxygen atoms in total. The molecule has 1 rings (SSSR count). The van der Waals surface area contributed by atoms with Crippen molar-refractivity contribution in [1.29, 1.82) is 0 Å². The number of aliphatic hydroxyl groups is 1. The van der Waals surface area contributed by atoms with Gasteiger partial charge in [-0.25, -0.2) is 0 Å². The monoisotopic (exact) mass is 257 g/mol. The first-order valence-electron chi connectivity index (χ1n) is 6.99. The molecule has 0 spiro atoms. The van der Waals surface area contributed by atoms with Crippen LogP contribution in [-0.2, 0) is 9.53 Å². The van der Waals surface area contributed by atoms with Crippen molar-refractivity contribution in [3.63, 3.8) is 0 Å². The van der Waals surface area contributed by atoms with E-state index >= 15 is 0 Å². The van der Waals surface area contributed by atoms with Crippen LogP contribution >= 0.6 is 0 Å². The molecule has 0 aliphatic heterocycles. The highest BCUT2D eigenvalue weighted by Crippen LogP contribution is 2.25. The van der Waals surface area contributed by atoms with E-state index in [2.05, 4.69) is 4.90 Å². The number of ether oxygens (including phenoxy) is 1. The van der Waals surface area contributed by atoms with E-state index in [1.54, 1.807) is 0 Å². The Bertz CT molecular complexity index is 256. The van der Waals surface area contributed by atoms with Crippen molar-refractivity contribution in [2.75, 3.05) is 19.7 Å². The first-order chi connectivity index (χ1) is 8.42. The third-order valence-electron chi connectivity index (χ3n) is 3.22. The van der Waals surface area contributed by atoms with Crippen molar-refractivity contribution in [2.24, 2.45) is 0 Å². The lowest BCUT2D eigenvalue weighted by Gasteiger charge is -2.37. The zero-order valence-corrected chi connectivity index (χ0v) is 11.9. The Labute approximate surface area is 110 Å². The SMILES string of the molecule is CC(C)(C)OC(=O)CCN(CCCO)C1CCC1. The van der Waals surface area contributed by atoms with Crippen LogP contribution in [0, 0.1) is 0 Å². The van der Waals surface area contributed by atoms with Gasteiger partial charge in [0.05, 0.1) is 6.42 Å². The number of carbonyl (C=O) groups excluding carboxylic acids is 1. The molecule has 1 fully saturated rings. The lowest BCUT2D eigenvalue weighted by atomic mass is 9.91. The summed E-state index contributed by atoms with van der Waals surface area (Å²) in [5.74, 6) is -0.129. The predicted octanol–water partition coefficient (Wildman–Crippen LogP) is 1.96. The number of hydrogen-bond acceptors (Lipinski definition) is 4. The van der Waals surface area contributed by atoms with E-state index in [0.29, 0.717) is 12.5 Å². The first kappa shape index (κ1) is 15.4. The van der Waals surface area contributed by atoms with Gasteiger partial charge in [0.1, 0.15) is 5.60 Å². The summed E-state index contributed by atoms with van der Waals surface area (Å²) in [6.45, 7) is 7.51. The molecule has 4 heteroatoms. The fourth-order valence-electron chi connectivity index (χ4n) is 2.13. The minimum atomic E-state index is -0.399. The van der Waals surface area contributed by atoms with Gasteiger partial charge < -0.3 is 9.84 Å². The molecule has 1 aliphatic carbocycles. The van der Waals surface area contributed by atoms with Crippen LogP contribution in [0.2, 0.25) is 0 Å². The summed E-state index contributed by atoms with van der Waals surface area (Å²) in [4.78, 5) is 14.0. The average molecular weight is 257 g/mol. The summed E-state index contributed by atoms with van der Waals surface area (Å²) >= 11 is 0. The van der Waals surface area contributed by atoms with E-state index < -0.39 is 5.60 Å². The molecule has 0 unspecified atom stereocenters. The van der Waals surface area contributed by atoms with Crippen molar-refractivity contribution in [2.45, 2.75) is 64.5 Å². The Morgan fingerprint density at radius 3 is 2.44 bits per heavy atom. The van der Waals surface area contributed by atoms with Gasteiger partial charge >= 0.3 is 5.97 Å². The summed E-state index contributed by atoms with van der Waals surface area (Å²) in [7, 11) is 0. The molecule has 0 atom stereocenters. The van der Waals surface area contributed by atoms with Crippen LogP contribution in [0.15, 0.2) is 0 Å². The fraction of sp³-hybridized carbons (Fsp3) is 0.929. The zero-order valence-electron chi connectivity index (χ0n) is 11.9. The second-order valence-electron chi connectivity index (χ2n) is 6.03. The van der Waals surface area contributed by atoms with Crippen molar-refractivity contribution in [3.8, 4) is 0 Å². The third kappa shape index (κ3) is 5.83. The number of carbonyl (C=O) groups is 1. The maximum atomic E-state index is 11.7. The molecular formula is C14H27NO3. The molecule has 0 aromatic carbocycles. The van der Waals surface area contributed by atoms with Gasteiger partial charge in [0, 0.05) is 25.7 Å². The smallest absolute Gasteiger partial charge is 0.307 e. The fourth-order valence-corrected chi connectivity index (χ4v) is 2.13. The molecule has 1 aliphatic rings. The summed E-state index contributed by atoms with van der Waals surface area (Å²) in [5, 5.41) is 8.90. The Morgan fingerprint density at radius 2 is 2.00 bits per heavy atom. The molecule has 1 saturated carbocycles. The van der Waals surface area contributed by atoms with Crippen molar-refractivity contribution in [1.82, 2.24) is 4.90 Å². The molecule has 0 amide bonds. The molecule has 0 aromatic heterocycles. The molecule has 0 heterocycles. The Hall–Kier alpha value is -0.610. The van der Waals surface area contributed by atoms with E-state index in [1.165, 1.54) is 19.3 Å². The molecule has 1 N–H and O–H groups in total. The first-order valence-corrected chi connectivity index (χ1v) is 6.99. The maximum absolute atomic E-state index is 11.7. The molecule has 18 heavy (non-hydrogen) atoms. The lowest BCUT2D eigenvalue weighted by Crippen LogP contribution is -2.42. The van der Waals surface area contributed by atoms with E-state index in [9.17, 15) is 4.79 Å². The van der Waals surface area contributed by atoms with Crippen LogP contribution < -0.4 is 0 Å². The average Bonchev–Trinajstić information content (AvgIpc) is 2.16. The van der Waals surface area contributed by atoms with E-state index in [1.807, 2.05) is 20.8 Å². The topological polar surface area (TPSA) is 49.8 Å². The second kappa shape index (κ2) is 7.10. The minimum absolute atomic E-state index is 0.129. The molecule has 0 aromatic rings. The van der Waals surface area contributed by atoms with Gasteiger partial charge in [-0.15, -0.1) is 0 Å². The quantitative estimate of drug-likeness (QED) is 0.708. The van der Waals surface area contributed by atoms with Gasteiger partial charge in [-0.3, -0.25) is 9.69 Å². The van der Waals surface area contributed by atoms with Crippen LogP contribution in [0.25, 0.3) is 0 Å². The molecule has 106 valence electrons. The number of rotatable bonds is 7. The Balaban J connectivity index is 2.29. The number of hydrogen-bond donors (Lipinski definition) is 1. The number of nitrogens with zero attached hydrogens (tertiary/aromatic N) is 1. The van der Waals surface area contributed by atoms with Crippen molar-refractivity contribution in [3.05, 3.63) is 0 Å². The van der Waals surface area contributed by atoms with Gasteiger partial charge in [-0.2, -0.15) is 0 Å². The normalized spacial score (nSPS) is 16.7. The van der Waals surface area contributed by atoms with Crippen molar-refractivity contribution >= 4 is 5.97 Å². The van der Waals surface area contributed by atoms with Gasteiger partial charge in [0.25, 0.3) is 0 Å². The minimum Gasteiger partial charge on any atom is -0.460 e. The van der Waals surface area contributed by atoms with Crippen LogP contribution in [0.1, 0.15) is 52.9 Å². The van der Waals surface area contributed by atoms with Crippen LogP contribution in [0.4, 0.5) is 0 Å². The Morgan fingerprint density at radius 1 is 1.33 bits per heavy atom. The second-order valence-corrected chi connectivity index (χ2v) is 6.03. The number of aliphatic hydroxyl groups excluding tert-OH is 1. The van der Waals surface area contributed by atoms with E-state index in [0.717, 1.165) is 19.5 Å².